The van der Waals surface area contributed by atoms with Crippen LogP contribution in [0.15, 0.2) is 23.4 Å². The summed E-state index contributed by atoms with van der Waals surface area (Å²) >= 11 is 8.96. The standard InChI is InChI=1S/C23H25ClN4O4S2/c1-12-8-9-15(24)16(10-12)32-13(2)20-26-27-23(28(20)3)33-11-18(29)25-21-19(22(30)31-4)14-6-5-7-17(14)34-21/h8-10,13H,5-7,11H2,1-4H3,(H,25,29). The van der Waals surface area contributed by atoms with Crippen LogP contribution >= 0.6 is 34.7 Å². The highest BCUT2D eigenvalue weighted by Gasteiger charge is 2.28. The molecule has 1 aromatic carbocycles. The van der Waals surface area contributed by atoms with E-state index in [4.69, 9.17) is 21.1 Å². The summed E-state index contributed by atoms with van der Waals surface area (Å²) in [4.78, 5) is 26.1. The molecule has 1 amide bonds. The van der Waals surface area contributed by atoms with Gasteiger partial charge in [0.1, 0.15) is 10.8 Å². The lowest BCUT2D eigenvalue weighted by atomic mass is 10.1. The third kappa shape index (κ3) is 5.08. The second kappa shape index (κ2) is 10.4. The van der Waals surface area contributed by atoms with Gasteiger partial charge in [-0.3, -0.25) is 4.79 Å². The first kappa shape index (κ1) is 24.6. The van der Waals surface area contributed by atoms with Crippen molar-refractivity contribution in [2.45, 2.75) is 44.4 Å². The first-order valence-corrected chi connectivity index (χ1v) is 12.9. The maximum atomic E-state index is 12.7. The number of anilines is 1. The Morgan fingerprint density at radius 1 is 1.32 bits per heavy atom. The molecule has 0 radical (unpaired) electrons. The third-order valence-electron chi connectivity index (χ3n) is 5.52. The number of ether oxygens (including phenoxy) is 2. The minimum Gasteiger partial charge on any atom is -0.481 e. The Kier molecular flexibility index (Phi) is 7.49. The summed E-state index contributed by atoms with van der Waals surface area (Å²) in [7, 11) is 3.18. The van der Waals surface area contributed by atoms with Gasteiger partial charge >= 0.3 is 5.97 Å². The Labute approximate surface area is 211 Å². The number of esters is 1. The summed E-state index contributed by atoms with van der Waals surface area (Å²) < 4.78 is 12.7. The molecular formula is C23H25ClN4O4S2. The number of hydrogen-bond donors (Lipinski definition) is 1. The predicted octanol–water partition coefficient (Wildman–Crippen LogP) is 4.98. The fourth-order valence-corrected chi connectivity index (χ4v) is 6.03. The lowest BCUT2D eigenvalue weighted by Gasteiger charge is -2.15. The number of hydrogen-bond acceptors (Lipinski definition) is 8. The quantitative estimate of drug-likeness (QED) is 0.330. The van der Waals surface area contributed by atoms with E-state index in [-0.39, 0.29) is 11.7 Å². The molecule has 2 heterocycles. The van der Waals surface area contributed by atoms with E-state index in [1.165, 1.54) is 30.2 Å². The number of carbonyl (C=O) groups excluding carboxylic acids is 2. The van der Waals surface area contributed by atoms with Gasteiger partial charge in [0.15, 0.2) is 17.1 Å². The van der Waals surface area contributed by atoms with Crippen LogP contribution in [0.1, 0.15) is 51.6 Å². The van der Waals surface area contributed by atoms with Crippen molar-refractivity contribution in [2.75, 3.05) is 18.2 Å². The van der Waals surface area contributed by atoms with E-state index in [9.17, 15) is 9.59 Å². The van der Waals surface area contributed by atoms with Crippen molar-refractivity contribution in [1.29, 1.82) is 0 Å². The number of aromatic nitrogens is 3. The van der Waals surface area contributed by atoms with Crippen LogP contribution in [0.5, 0.6) is 5.75 Å². The molecule has 1 N–H and O–H groups in total. The number of halogens is 1. The molecule has 180 valence electrons. The second-order valence-electron chi connectivity index (χ2n) is 7.98. The average molecular weight is 521 g/mol. The monoisotopic (exact) mass is 520 g/mol. The van der Waals surface area contributed by atoms with Crippen LogP contribution in [-0.2, 0) is 29.4 Å². The van der Waals surface area contributed by atoms with E-state index in [0.717, 1.165) is 35.3 Å². The Morgan fingerprint density at radius 3 is 2.88 bits per heavy atom. The zero-order valence-electron chi connectivity index (χ0n) is 19.3. The van der Waals surface area contributed by atoms with Crippen LogP contribution in [-0.4, -0.2) is 39.5 Å². The van der Waals surface area contributed by atoms with Crippen molar-refractivity contribution in [1.82, 2.24) is 14.8 Å². The van der Waals surface area contributed by atoms with E-state index in [1.54, 1.807) is 10.6 Å². The molecule has 4 rings (SSSR count). The van der Waals surface area contributed by atoms with Gasteiger partial charge in [-0.05, 0) is 56.4 Å². The Bertz CT molecular complexity index is 1240. The number of aryl methyl sites for hydroxylation is 2. The minimum atomic E-state index is -0.414. The highest BCUT2D eigenvalue weighted by atomic mass is 35.5. The molecule has 1 atom stereocenters. The van der Waals surface area contributed by atoms with Crippen LogP contribution in [0.4, 0.5) is 5.00 Å². The van der Waals surface area contributed by atoms with Crippen molar-refractivity contribution < 1.29 is 19.1 Å². The van der Waals surface area contributed by atoms with Crippen LogP contribution in [0, 0.1) is 6.92 Å². The van der Waals surface area contributed by atoms with E-state index >= 15 is 0 Å². The molecule has 8 nitrogen and oxygen atoms in total. The smallest absolute Gasteiger partial charge is 0.341 e. The highest BCUT2D eigenvalue weighted by Crippen LogP contribution is 2.39. The van der Waals surface area contributed by atoms with Crippen LogP contribution in [0.2, 0.25) is 5.02 Å². The minimum absolute atomic E-state index is 0.119. The van der Waals surface area contributed by atoms with Crippen molar-refractivity contribution >= 4 is 51.6 Å². The Balaban J connectivity index is 1.40. The molecule has 0 aliphatic heterocycles. The maximum absolute atomic E-state index is 12.7. The highest BCUT2D eigenvalue weighted by molar-refractivity contribution is 7.99. The first-order chi connectivity index (χ1) is 16.3. The van der Waals surface area contributed by atoms with Crippen molar-refractivity contribution in [3.05, 3.63) is 50.6 Å². The fourth-order valence-electron chi connectivity index (χ4n) is 3.85. The number of nitrogens with one attached hydrogen (secondary N) is 1. The van der Waals surface area contributed by atoms with Crippen molar-refractivity contribution in [3.8, 4) is 5.75 Å². The molecule has 3 aromatic rings. The molecule has 1 unspecified atom stereocenters. The van der Waals surface area contributed by atoms with Gasteiger partial charge in [0.05, 0.1) is 23.4 Å². The number of carbonyl (C=O) groups is 2. The lowest BCUT2D eigenvalue weighted by Crippen LogP contribution is -2.16. The number of fused-ring (bicyclic) bond motifs is 1. The van der Waals surface area contributed by atoms with Gasteiger partial charge in [-0.1, -0.05) is 29.4 Å². The van der Waals surface area contributed by atoms with Gasteiger partial charge in [-0.15, -0.1) is 21.5 Å². The Hall–Kier alpha value is -2.56. The normalized spacial score (nSPS) is 13.4. The van der Waals surface area contributed by atoms with Crippen molar-refractivity contribution in [2.24, 2.45) is 7.05 Å². The lowest BCUT2D eigenvalue weighted by molar-refractivity contribution is -0.113. The molecule has 11 heteroatoms. The number of amides is 1. The summed E-state index contributed by atoms with van der Waals surface area (Å²) in [6.07, 6.45) is 2.37. The van der Waals surface area contributed by atoms with E-state index in [1.807, 2.05) is 33.0 Å². The summed E-state index contributed by atoms with van der Waals surface area (Å²) in [6, 6.07) is 5.58. The average Bonchev–Trinajstić information content (AvgIpc) is 3.49. The topological polar surface area (TPSA) is 95.3 Å². The number of rotatable bonds is 8. The first-order valence-electron chi connectivity index (χ1n) is 10.8. The Morgan fingerprint density at radius 2 is 2.12 bits per heavy atom. The molecule has 2 aromatic heterocycles. The van der Waals surface area contributed by atoms with Crippen LogP contribution in [0.25, 0.3) is 0 Å². The summed E-state index contributed by atoms with van der Waals surface area (Å²) in [5, 5.41) is 13.0. The van der Waals surface area contributed by atoms with E-state index < -0.39 is 12.1 Å². The van der Waals surface area contributed by atoms with Gasteiger partial charge in [0.25, 0.3) is 0 Å². The number of benzene rings is 1. The number of thiophene rings is 1. The molecule has 0 saturated carbocycles. The SMILES string of the molecule is COC(=O)c1c(NC(=O)CSc2nnc(C(C)Oc3cc(C)ccc3Cl)n2C)sc2c1CCC2. The molecule has 34 heavy (non-hydrogen) atoms. The van der Waals surface area contributed by atoms with Gasteiger partial charge in [0, 0.05) is 11.9 Å². The number of methoxy groups -OCH3 is 1. The molecule has 0 fully saturated rings. The second-order valence-corrected chi connectivity index (χ2v) is 10.4. The van der Waals surface area contributed by atoms with Gasteiger partial charge in [-0.2, -0.15) is 0 Å². The molecular weight excluding hydrogens is 496 g/mol. The number of thioether (sulfide) groups is 1. The molecule has 0 bridgehead atoms. The fraction of sp³-hybridized carbons (Fsp3) is 0.391. The molecule has 0 saturated heterocycles. The van der Waals surface area contributed by atoms with E-state index in [2.05, 4.69) is 15.5 Å². The van der Waals surface area contributed by atoms with Crippen LogP contribution < -0.4 is 10.1 Å². The van der Waals surface area contributed by atoms with Crippen molar-refractivity contribution in [3.63, 3.8) is 0 Å². The molecule has 1 aliphatic carbocycles. The summed E-state index contributed by atoms with van der Waals surface area (Å²) in [5.74, 6) is 0.672. The summed E-state index contributed by atoms with van der Waals surface area (Å²) in [6.45, 7) is 3.84. The van der Waals surface area contributed by atoms with Gasteiger partial charge in [0.2, 0.25) is 5.91 Å². The predicted molar refractivity (Wildman–Crippen MR) is 133 cm³/mol. The number of nitrogens with zero attached hydrogens (tertiary/aromatic N) is 3. The summed E-state index contributed by atoms with van der Waals surface area (Å²) in [5.41, 5.74) is 2.53. The largest absolute Gasteiger partial charge is 0.481 e. The van der Waals surface area contributed by atoms with Gasteiger partial charge in [-0.25, -0.2) is 4.79 Å². The van der Waals surface area contributed by atoms with E-state index in [0.29, 0.717) is 32.3 Å². The maximum Gasteiger partial charge on any atom is 0.341 e. The molecule has 1 aliphatic rings. The zero-order chi connectivity index (χ0) is 24.4. The van der Waals surface area contributed by atoms with Gasteiger partial charge < -0.3 is 19.4 Å². The van der Waals surface area contributed by atoms with Crippen LogP contribution in [0.3, 0.4) is 0 Å². The third-order valence-corrected chi connectivity index (χ3v) is 8.06. The molecule has 0 spiro atoms. The zero-order valence-corrected chi connectivity index (χ0v) is 21.7.